The lowest BCUT2D eigenvalue weighted by atomic mass is 10.0. The molecule has 0 fully saturated rings. The first-order chi connectivity index (χ1) is 6.83. The largest absolute Gasteiger partial charge is 0.387 e. The van der Waals surface area contributed by atoms with E-state index in [1.807, 2.05) is 24.3 Å². The fourth-order valence-electron chi connectivity index (χ4n) is 1.54. The molecular weight excluding hydrogens is 176 g/mol. The van der Waals surface area contributed by atoms with Crippen LogP contribution in [0.5, 0.6) is 0 Å². The van der Waals surface area contributed by atoms with Gasteiger partial charge in [-0.25, -0.2) is 0 Å². The molecule has 0 bridgehead atoms. The Labute approximate surface area is 82.2 Å². The quantitative estimate of drug-likeness (QED) is 0.745. The highest BCUT2D eigenvalue weighted by atomic mass is 16.3. The van der Waals surface area contributed by atoms with Crippen LogP contribution in [-0.4, -0.2) is 16.6 Å². The van der Waals surface area contributed by atoms with Crippen LogP contribution in [0.3, 0.4) is 0 Å². The maximum atomic E-state index is 9.67. The van der Waals surface area contributed by atoms with Crippen LogP contribution in [0.1, 0.15) is 11.7 Å². The predicted octanol–water partition coefficient (Wildman–Crippen LogP) is 1.23. The molecule has 3 heteroatoms. The number of hydrogen-bond donors (Lipinski definition) is 2. The monoisotopic (exact) mass is 188 g/mol. The molecular formula is C11H12N2O. The number of aliphatic hydroxyl groups excluding tert-OH is 1. The summed E-state index contributed by atoms with van der Waals surface area (Å²) in [6.45, 7) is 0.230. The fraction of sp³-hybridized carbons (Fsp3) is 0.182. The van der Waals surface area contributed by atoms with E-state index in [1.165, 1.54) is 0 Å². The third kappa shape index (κ3) is 1.47. The summed E-state index contributed by atoms with van der Waals surface area (Å²) >= 11 is 0. The lowest BCUT2D eigenvalue weighted by Crippen LogP contribution is -2.11. The van der Waals surface area contributed by atoms with E-state index in [1.54, 1.807) is 12.3 Å². The molecule has 3 nitrogen and oxygen atoms in total. The zero-order chi connectivity index (χ0) is 9.97. The van der Waals surface area contributed by atoms with Crippen molar-refractivity contribution in [2.45, 2.75) is 6.10 Å². The first-order valence-corrected chi connectivity index (χ1v) is 4.54. The lowest BCUT2D eigenvalue weighted by molar-refractivity contribution is 0.188. The van der Waals surface area contributed by atoms with Crippen LogP contribution in [0.25, 0.3) is 10.9 Å². The van der Waals surface area contributed by atoms with Gasteiger partial charge in [-0.2, -0.15) is 0 Å². The summed E-state index contributed by atoms with van der Waals surface area (Å²) in [4.78, 5) is 4.21. The minimum atomic E-state index is -0.608. The minimum Gasteiger partial charge on any atom is -0.387 e. The summed E-state index contributed by atoms with van der Waals surface area (Å²) in [7, 11) is 0. The molecule has 1 aromatic heterocycles. The lowest BCUT2D eigenvalue weighted by Gasteiger charge is -2.10. The number of pyridine rings is 1. The van der Waals surface area contributed by atoms with Crippen molar-refractivity contribution in [3.63, 3.8) is 0 Å². The van der Waals surface area contributed by atoms with Crippen molar-refractivity contribution >= 4 is 10.9 Å². The van der Waals surface area contributed by atoms with Gasteiger partial charge in [0, 0.05) is 18.1 Å². The summed E-state index contributed by atoms with van der Waals surface area (Å²) in [5, 5.41) is 10.6. The van der Waals surface area contributed by atoms with E-state index in [9.17, 15) is 5.11 Å². The van der Waals surface area contributed by atoms with Crippen molar-refractivity contribution in [3.8, 4) is 0 Å². The average molecular weight is 188 g/mol. The third-order valence-corrected chi connectivity index (χ3v) is 2.27. The van der Waals surface area contributed by atoms with Crippen molar-refractivity contribution in [3.05, 3.63) is 42.1 Å². The molecule has 72 valence electrons. The van der Waals surface area contributed by atoms with Crippen LogP contribution in [0.2, 0.25) is 0 Å². The van der Waals surface area contributed by atoms with Crippen LogP contribution in [-0.2, 0) is 0 Å². The maximum Gasteiger partial charge on any atom is 0.0919 e. The summed E-state index contributed by atoms with van der Waals surface area (Å²) in [6, 6.07) is 9.52. The van der Waals surface area contributed by atoms with Crippen molar-refractivity contribution in [1.82, 2.24) is 4.98 Å². The molecule has 2 aromatic rings. The number of aliphatic hydroxyl groups is 1. The Morgan fingerprint density at radius 1 is 1.29 bits per heavy atom. The van der Waals surface area contributed by atoms with E-state index in [-0.39, 0.29) is 6.54 Å². The van der Waals surface area contributed by atoms with Gasteiger partial charge in [0.25, 0.3) is 0 Å². The van der Waals surface area contributed by atoms with Gasteiger partial charge in [-0.05, 0) is 17.7 Å². The summed E-state index contributed by atoms with van der Waals surface area (Å²) in [6.07, 6.45) is 1.08. The predicted molar refractivity (Wildman–Crippen MR) is 55.8 cm³/mol. The third-order valence-electron chi connectivity index (χ3n) is 2.27. The molecule has 0 saturated heterocycles. The van der Waals surface area contributed by atoms with Gasteiger partial charge in [0.15, 0.2) is 0 Å². The van der Waals surface area contributed by atoms with Gasteiger partial charge in [-0.15, -0.1) is 0 Å². The topological polar surface area (TPSA) is 59.1 Å². The van der Waals surface area contributed by atoms with Crippen LogP contribution in [0, 0.1) is 0 Å². The van der Waals surface area contributed by atoms with Crippen LogP contribution >= 0.6 is 0 Å². The zero-order valence-corrected chi connectivity index (χ0v) is 7.72. The van der Waals surface area contributed by atoms with Crippen LogP contribution in [0.4, 0.5) is 0 Å². The number of nitrogens with two attached hydrogens (primary N) is 1. The van der Waals surface area contributed by atoms with Gasteiger partial charge in [0.1, 0.15) is 0 Å². The fourth-order valence-corrected chi connectivity index (χ4v) is 1.54. The molecule has 1 aromatic carbocycles. The molecule has 2 rings (SSSR count). The summed E-state index contributed by atoms with van der Waals surface area (Å²) in [5.74, 6) is 0. The Kier molecular flexibility index (Phi) is 2.43. The molecule has 1 unspecified atom stereocenters. The number of rotatable bonds is 2. The number of para-hydroxylation sites is 1. The molecule has 0 aliphatic rings. The van der Waals surface area contributed by atoms with Crippen molar-refractivity contribution < 1.29 is 5.11 Å². The highest BCUT2D eigenvalue weighted by Crippen LogP contribution is 2.21. The second kappa shape index (κ2) is 3.74. The van der Waals surface area contributed by atoms with E-state index in [2.05, 4.69) is 4.98 Å². The molecule has 1 atom stereocenters. The van der Waals surface area contributed by atoms with E-state index < -0.39 is 6.10 Å². The molecule has 0 radical (unpaired) electrons. The van der Waals surface area contributed by atoms with E-state index in [0.717, 1.165) is 16.5 Å². The second-order valence-corrected chi connectivity index (χ2v) is 3.17. The van der Waals surface area contributed by atoms with Crippen LogP contribution in [0.15, 0.2) is 36.5 Å². The van der Waals surface area contributed by atoms with E-state index >= 15 is 0 Å². The van der Waals surface area contributed by atoms with Crippen molar-refractivity contribution in [1.29, 1.82) is 0 Å². The summed E-state index contributed by atoms with van der Waals surface area (Å²) in [5.41, 5.74) is 7.16. The average Bonchev–Trinajstić information content (AvgIpc) is 2.27. The van der Waals surface area contributed by atoms with Gasteiger partial charge in [0.2, 0.25) is 0 Å². The highest BCUT2D eigenvalue weighted by Gasteiger charge is 2.08. The molecule has 0 spiro atoms. The standard InChI is InChI=1S/C11H12N2O/c12-7-11(14)9-5-6-13-10-4-2-1-3-8(9)10/h1-6,11,14H,7,12H2. The van der Waals surface area contributed by atoms with Gasteiger partial charge in [-0.1, -0.05) is 18.2 Å². The minimum absolute atomic E-state index is 0.230. The number of aromatic nitrogens is 1. The van der Waals surface area contributed by atoms with E-state index in [4.69, 9.17) is 5.73 Å². The van der Waals surface area contributed by atoms with Gasteiger partial charge in [0.05, 0.1) is 11.6 Å². The van der Waals surface area contributed by atoms with E-state index in [0.29, 0.717) is 0 Å². The van der Waals surface area contributed by atoms with Gasteiger partial charge >= 0.3 is 0 Å². The number of benzene rings is 1. The van der Waals surface area contributed by atoms with Crippen molar-refractivity contribution in [2.24, 2.45) is 5.73 Å². The number of fused-ring (bicyclic) bond motifs is 1. The number of nitrogens with zero attached hydrogens (tertiary/aromatic N) is 1. The molecule has 0 amide bonds. The first-order valence-electron chi connectivity index (χ1n) is 4.54. The molecule has 0 aliphatic carbocycles. The molecule has 0 aliphatic heterocycles. The Morgan fingerprint density at radius 3 is 2.86 bits per heavy atom. The Morgan fingerprint density at radius 2 is 2.07 bits per heavy atom. The van der Waals surface area contributed by atoms with Crippen molar-refractivity contribution in [2.75, 3.05) is 6.54 Å². The Bertz CT molecular complexity index is 437. The zero-order valence-electron chi connectivity index (χ0n) is 7.72. The Balaban J connectivity index is 2.65. The number of hydrogen-bond acceptors (Lipinski definition) is 3. The Hall–Kier alpha value is -1.45. The summed E-state index contributed by atoms with van der Waals surface area (Å²) < 4.78 is 0. The smallest absolute Gasteiger partial charge is 0.0919 e. The van der Waals surface area contributed by atoms with Crippen LogP contribution < -0.4 is 5.73 Å². The molecule has 0 saturated carbocycles. The SMILES string of the molecule is NCC(O)c1ccnc2ccccc12. The highest BCUT2D eigenvalue weighted by molar-refractivity contribution is 5.82. The first kappa shape index (κ1) is 9.12. The normalized spacial score (nSPS) is 13.0. The molecule has 14 heavy (non-hydrogen) atoms. The second-order valence-electron chi connectivity index (χ2n) is 3.17. The van der Waals surface area contributed by atoms with Gasteiger partial charge in [-0.3, -0.25) is 4.98 Å². The van der Waals surface area contributed by atoms with Gasteiger partial charge < -0.3 is 10.8 Å². The maximum absolute atomic E-state index is 9.67. The molecule has 3 N–H and O–H groups in total. The molecule has 1 heterocycles.